The summed E-state index contributed by atoms with van der Waals surface area (Å²) in [5.74, 6) is -1.23. The minimum Gasteiger partial charge on any atom is -0.392 e. The lowest BCUT2D eigenvalue weighted by Gasteiger charge is -2.14. The van der Waals surface area contributed by atoms with Gasteiger partial charge in [-0.3, -0.25) is 9.11 Å². The summed E-state index contributed by atoms with van der Waals surface area (Å²) < 4.78 is 58.2. The van der Waals surface area contributed by atoms with E-state index in [0.29, 0.717) is 0 Å². The van der Waals surface area contributed by atoms with Gasteiger partial charge in [0.25, 0.3) is 20.2 Å². The smallest absolute Gasteiger partial charge is 0.271 e. The maximum Gasteiger partial charge on any atom is 0.271 e. The summed E-state index contributed by atoms with van der Waals surface area (Å²) in [5, 5.41) is 6.87. The molecular weight excluding hydrogens is 224 g/mol. The van der Waals surface area contributed by atoms with E-state index in [1.54, 1.807) is 0 Å². The molecule has 0 saturated carbocycles. The van der Waals surface area contributed by atoms with Crippen molar-refractivity contribution in [1.29, 1.82) is 0 Å². The lowest BCUT2D eigenvalue weighted by atomic mass is 10.3. The van der Waals surface area contributed by atoms with Crippen molar-refractivity contribution >= 4 is 20.2 Å². The molecule has 80 valence electrons. The number of hydrogen-bond donors (Lipinski definition) is 3. The van der Waals surface area contributed by atoms with E-state index in [1.807, 2.05) is 0 Å². The van der Waals surface area contributed by atoms with E-state index < -0.39 is 37.3 Å². The number of hydrogen-bond acceptors (Lipinski definition) is 5. The van der Waals surface area contributed by atoms with Crippen molar-refractivity contribution in [3.8, 4) is 0 Å². The SMILES string of the molecule is CC(O)C(CS(=O)(=O)O)S(=O)(=O)O. The maximum absolute atomic E-state index is 10.5. The average molecular weight is 234 g/mol. The normalized spacial score (nSPS) is 18.2. The second kappa shape index (κ2) is 3.88. The first kappa shape index (κ1) is 12.8. The van der Waals surface area contributed by atoms with E-state index in [2.05, 4.69) is 0 Å². The standard InChI is InChI=1S/C4H10O7S2/c1-3(5)4(13(9,10)11)2-12(6,7)8/h3-5H,2H2,1H3,(H,6,7,8)(H,9,10,11). The second-order valence-corrected chi connectivity index (χ2v) is 5.68. The molecule has 2 atom stereocenters. The highest BCUT2D eigenvalue weighted by molar-refractivity contribution is 7.90. The number of rotatable bonds is 4. The molecule has 2 unspecified atom stereocenters. The van der Waals surface area contributed by atoms with E-state index in [-0.39, 0.29) is 0 Å². The van der Waals surface area contributed by atoms with Crippen LogP contribution in [0.2, 0.25) is 0 Å². The van der Waals surface area contributed by atoms with Crippen LogP contribution >= 0.6 is 0 Å². The molecule has 0 aliphatic heterocycles. The molecule has 0 radical (unpaired) electrons. The molecule has 0 aliphatic carbocycles. The molecule has 0 saturated heterocycles. The third kappa shape index (κ3) is 5.16. The fraction of sp³-hybridized carbons (Fsp3) is 1.00. The number of aliphatic hydroxyl groups excluding tert-OH is 1. The van der Waals surface area contributed by atoms with Crippen LogP contribution in [0.5, 0.6) is 0 Å². The predicted octanol–water partition coefficient (Wildman–Crippen LogP) is -1.49. The van der Waals surface area contributed by atoms with Crippen LogP contribution in [-0.2, 0) is 20.2 Å². The fourth-order valence-corrected chi connectivity index (χ4v) is 3.08. The molecule has 0 aliphatic rings. The first-order valence-corrected chi connectivity index (χ1v) is 6.25. The highest BCUT2D eigenvalue weighted by Crippen LogP contribution is 2.07. The quantitative estimate of drug-likeness (QED) is 0.505. The van der Waals surface area contributed by atoms with Gasteiger partial charge in [0, 0.05) is 0 Å². The minimum atomic E-state index is -4.69. The maximum atomic E-state index is 10.5. The van der Waals surface area contributed by atoms with Crippen molar-refractivity contribution in [2.24, 2.45) is 0 Å². The Morgan fingerprint density at radius 1 is 1.15 bits per heavy atom. The third-order valence-electron chi connectivity index (χ3n) is 1.30. The average Bonchev–Trinajstić information content (AvgIpc) is 1.77. The van der Waals surface area contributed by atoms with Gasteiger partial charge in [0.15, 0.2) is 0 Å². The lowest BCUT2D eigenvalue weighted by molar-refractivity contribution is 0.189. The molecule has 0 aromatic carbocycles. The summed E-state index contributed by atoms with van der Waals surface area (Å²) in [7, 11) is -9.24. The van der Waals surface area contributed by atoms with E-state index in [0.717, 1.165) is 6.92 Å². The topological polar surface area (TPSA) is 129 Å². The molecule has 9 heteroatoms. The van der Waals surface area contributed by atoms with E-state index >= 15 is 0 Å². The van der Waals surface area contributed by atoms with E-state index in [1.165, 1.54) is 0 Å². The summed E-state index contributed by atoms with van der Waals surface area (Å²) in [6.45, 7) is 0.990. The van der Waals surface area contributed by atoms with Crippen molar-refractivity contribution in [2.45, 2.75) is 18.3 Å². The highest BCUT2D eigenvalue weighted by Gasteiger charge is 2.32. The van der Waals surface area contributed by atoms with Gasteiger partial charge in [-0.05, 0) is 6.92 Å². The molecule has 3 N–H and O–H groups in total. The molecule has 13 heavy (non-hydrogen) atoms. The van der Waals surface area contributed by atoms with Crippen LogP contribution in [0.4, 0.5) is 0 Å². The molecule has 0 aromatic rings. The van der Waals surface area contributed by atoms with Crippen molar-refractivity contribution in [3.63, 3.8) is 0 Å². The van der Waals surface area contributed by atoms with Crippen LogP contribution in [0.3, 0.4) is 0 Å². The zero-order valence-electron chi connectivity index (χ0n) is 6.65. The molecular formula is C4H10O7S2. The van der Waals surface area contributed by atoms with Gasteiger partial charge in [0.2, 0.25) is 0 Å². The van der Waals surface area contributed by atoms with Crippen LogP contribution in [0.25, 0.3) is 0 Å². The summed E-state index contributed by atoms with van der Waals surface area (Å²) in [5.41, 5.74) is 0. The predicted molar refractivity (Wildman–Crippen MR) is 43.4 cm³/mol. The monoisotopic (exact) mass is 234 g/mol. The summed E-state index contributed by atoms with van der Waals surface area (Å²) >= 11 is 0. The zero-order chi connectivity index (χ0) is 10.9. The van der Waals surface area contributed by atoms with Crippen LogP contribution in [-0.4, -0.2) is 48.2 Å². The molecule has 0 spiro atoms. The lowest BCUT2D eigenvalue weighted by Crippen LogP contribution is -2.37. The van der Waals surface area contributed by atoms with Gasteiger partial charge in [-0.25, -0.2) is 0 Å². The van der Waals surface area contributed by atoms with Crippen molar-refractivity contribution in [3.05, 3.63) is 0 Å². The van der Waals surface area contributed by atoms with E-state index in [9.17, 15) is 16.8 Å². The Morgan fingerprint density at radius 2 is 1.54 bits per heavy atom. The first-order valence-electron chi connectivity index (χ1n) is 3.13. The Bertz CT molecular complexity index is 350. The third-order valence-corrected chi connectivity index (χ3v) is 3.61. The van der Waals surface area contributed by atoms with Crippen molar-refractivity contribution in [1.82, 2.24) is 0 Å². The molecule has 0 heterocycles. The fourth-order valence-electron chi connectivity index (χ4n) is 0.682. The Labute approximate surface area is 75.9 Å². The summed E-state index contributed by atoms with van der Waals surface area (Å²) in [4.78, 5) is 0. The van der Waals surface area contributed by atoms with Crippen molar-refractivity contribution in [2.75, 3.05) is 5.75 Å². The van der Waals surface area contributed by atoms with Gasteiger partial charge in [-0.15, -0.1) is 0 Å². The van der Waals surface area contributed by atoms with Gasteiger partial charge >= 0.3 is 0 Å². The van der Waals surface area contributed by atoms with Crippen LogP contribution < -0.4 is 0 Å². The summed E-state index contributed by atoms with van der Waals surface area (Å²) in [6, 6.07) is 0. The van der Waals surface area contributed by atoms with Crippen LogP contribution in [0.1, 0.15) is 6.92 Å². The van der Waals surface area contributed by atoms with E-state index in [4.69, 9.17) is 14.2 Å². The van der Waals surface area contributed by atoms with Gasteiger partial charge < -0.3 is 5.11 Å². The van der Waals surface area contributed by atoms with Crippen LogP contribution in [0, 0.1) is 0 Å². The minimum absolute atomic E-state index is 0.990. The van der Waals surface area contributed by atoms with Gasteiger partial charge in [0.05, 0.1) is 11.9 Å². The summed E-state index contributed by atoms with van der Waals surface area (Å²) in [6.07, 6.45) is -1.59. The highest BCUT2D eigenvalue weighted by atomic mass is 32.2. The number of aliphatic hydroxyl groups is 1. The molecule has 7 nitrogen and oxygen atoms in total. The van der Waals surface area contributed by atoms with Crippen LogP contribution in [0.15, 0.2) is 0 Å². The zero-order valence-corrected chi connectivity index (χ0v) is 8.29. The largest absolute Gasteiger partial charge is 0.392 e. The second-order valence-electron chi connectivity index (χ2n) is 2.54. The van der Waals surface area contributed by atoms with Gasteiger partial charge in [-0.2, -0.15) is 16.8 Å². The Balaban J connectivity index is 4.88. The van der Waals surface area contributed by atoms with Gasteiger partial charge in [0.1, 0.15) is 5.25 Å². The Hall–Kier alpha value is -0.220. The Kier molecular flexibility index (Phi) is 3.82. The molecule has 0 aromatic heterocycles. The van der Waals surface area contributed by atoms with Gasteiger partial charge in [-0.1, -0.05) is 0 Å². The first-order chi connectivity index (χ1) is 5.54. The molecule has 0 fully saturated rings. The molecule has 0 rings (SSSR count). The Morgan fingerprint density at radius 3 is 1.62 bits per heavy atom. The van der Waals surface area contributed by atoms with Crippen molar-refractivity contribution < 1.29 is 31.0 Å². The molecule has 0 bridgehead atoms. The molecule has 0 amide bonds.